The summed E-state index contributed by atoms with van der Waals surface area (Å²) < 4.78 is 5.05. The molecule has 0 bridgehead atoms. The SMILES string of the molecule is O=C(O)C1=CC(=O)[C@@H]2C=CC(O)=C[C@@H]2O1. The van der Waals surface area contributed by atoms with E-state index < -0.39 is 18.0 Å². The van der Waals surface area contributed by atoms with Gasteiger partial charge in [0, 0.05) is 6.08 Å². The van der Waals surface area contributed by atoms with E-state index in [1.165, 1.54) is 18.2 Å². The number of carbonyl (C=O) groups is 2. The molecule has 1 heterocycles. The average Bonchev–Trinajstić information content (AvgIpc) is 2.16. The molecule has 1 aliphatic heterocycles. The number of hydrogen-bond donors (Lipinski definition) is 2. The van der Waals surface area contributed by atoms with E-state index >= 15 is 0 Å². The largest absolute Gasteiger partial charge is 0.508 e. The predicted molar refractivity (Wildman–Crippen MR) is 48.9 cm³/mol. The summed E-state index contributed by atoms with van der Waals surface area (Å²) in [6.07, 6.45) is 4.45. The van der Waals surface area contributed by atoms with E-state index in [2.05, 4.69) is 0 Å². The molecule has 0 radical (unpaired) electrons. The molecule has 2 atom stereocenters. The van der Waals surface area contributed by atoms with Gasteiger partial charge < -0.3 is 14.9 Å². The lowest BCUT2D eigenvalue weighted by atomic mass is 9.90. The highest BCUT2D eigenvalue weighted by Crippen LogP contribution is 2.26. The molecule has 0 aromatic heterocycles. The van der Waals surface area contributed by atoms with E-state index in [-0.39, 0.29) is 17.3 Å². The van der Waals surface area contributed by atoms with Crippen LogP contribution in [0.1, 0.15) is 0 Å². The molecule has 0 spiro atoms. The third kappa shape index (κ3) is 1.63. The van der Waals surface area contributed by atoms with E-state index in [1.807, 2.05) is 0 Å². The van der Waals surface area contributed by atoms with E-state index in [0.29, 0.717) is 0 Å². The molecule has 0 saturated carbocycles. The maximum atomic E-state index is 11.5. The van der Waals surface area contributed by atoms with Crippen LogP contribution in [0.4, 0.5) is 0 Å². The summed E-state index contributed by atoms with van der Waals surface area (Å²) in [4.78, 5) is 22.1. The first-order chi connectivity index (χ1) is 7.08. The van der Waals surface area contributed by atoms with Gasteiger partial charge in [-0.3, -0.25) is 4.79 Å². The van der Waals surface area contributed by atoms with Crippen LogP contribution in [0.2, 0.25) is 0 Å². The zero-order chi connectivity index (χ0) is 11.0. The van der Waals surface area contributed by atoms with Crippen LogP contribution < -0.4 is 0 Å². The van der Waals surface area contributed by atoms with E-state index in [1.54, 1.807) is 0 Å². The normalized spacial score (nSPS) is 28.7. The molecule has 2 rings (SSSR count). The number of hydrogen-bond acceptors (Lipinski definition) is 4. The minimum absolute atomic E-state index is 0.0318. The molecule has 1 aliphatic carbocycles. The lowest BCUT2D eigenvalue weighted by Gasteiger charge is -2.27. The Kier molecular flexibility index (Phi) is 2.07. The molecule has 2 N–H and O–H groups in total. The number of aliphatic hydroxyl groups excluding tert-OH is 1. The van der Waals surface area contributed by atoms with Gasteiger partial charge in [-0.05, 0) is 12.2 Å². The van der Waals surface area contributed by atoms with Gasteiger partial charge in [-0.2, -0.15) is 0 Å². The van der Waals surface area contributed by atoms with Crippen LogP contribution in [-0.2, 0) is 14.3 Å². The molecule has 0 saturated heterocycles. The number of carboxylic acid groups (broad SMARTS) is 1. The summed E-state index contributed by atoms with van der Waals surface area (Å²) in [5, 5.41) is 17.8. The van der Waals surface area contributed by atoms with Crippen molar-refractivity contribution in [1.29, 1.82) is 0 Å². The van der Waals surface area contributed by atoms with Crippen LogP contribution in [0.3, 0.4) is 0 Å². The molecule has 0 aromatic rings. The molecule has 0 amide bonds. The zero-order valence-corrected chi connectivity index (χ0v) is 7.58. The standard InChI is InChI=1S/C10H8O5/c11-5-1-2-6-7(12)4-9(10(13)14)15-8(6)3-5/h1-4,6,8,11H,(H,13,14)/t6-,8-/m0/s1. The maximum Gasteiger partial charge on any atom is 0.371 e. The van der Waals surface area contributed by atoms with Crippen LogP contribution in [0.5, 0.6) is 0 Å². The van der Waals surface area contributed by atoms with Gasteiger partial charge in [0.15, 0.2) is 5.78 Å². The molecule has 78 valence electrons. The van der Waals surface area contributed by atoms with Crippen molar-refractivity contribution >= 4 is 11.8 Å². The van der Waals surface area contributed by atoms with Gasteiger partial charge in [0.25, 0.3) is 0 Å². The molecule has 0 aromatic carbocycles. The van der Waals surface area contributed by atoms with Gasteiger partial charge in [0.05, 0.1) is 5.92 Å². The molecule has 5 heteroatoms. The zero-order valence-electron chi connectivity index (χ0n) is 7.58. The summed E-state index contributed by atoms with van der Waals surface area (Å²) in [6.45, 7) is 0. The van der Waals surface area contributed by atoms with Gasteiger partial charge in [-0.1, -0.05) is 6.08 Å². The molecule has 0 unspecified atom stereocenters. The maximum absolute atomic E-state index is 11.5. The predicted octanol–water partition coefficient (Wildman–Crippen LogP) is 0.551. The fraction of sp³-hybridized carbons (Fsp3) is 0.200. The van der Waals surface area contributed by atoms with Gasteiger partial charge >= 0.3 is 5.97 Å². The van der Waals surface area contributed by atoms with Crippen molar-refractivity contribution < 1.29 is 24.5 Å². The minimum atomic E-state index is -1.29. The minimum Gasteiger partial charge on any atom is -0.508 e. The van der Waals surface area contributed by atoms with Crippen LogP contribution in [0.15, 0.2) is 35.8 Å². The van der Waals surface area contributed by atoms with Crippen molar-refractivity contribution in [3.63, 3.8) is 0 Å². The number of carbonyl (C=O) groups excluding carboxylic acids is 1. The number of ketones is 1. The van der Waals surface area contributed by atoms with E-state index in [0.717, 1.165) is 6.08 Å². The average molecular weight is 208 g/mol. The Balaban J connectivity index is 2.33. The Bertz CT molecular complexity index is 416. The number of rotatable bonds is 1. The Morgan fingerprint density at radius 1 is 1.47 bits per heavy atom. The Labute approximate surface area is 85.0 Å². The quantitative estimate of drug-likeness (QED) is 0.657. The molecule has 5 nitrogen and oxygen atoms in total. The number of aliphatic carboxylic acids is 1. The third-order valence-corrected chi connectivity index (χ3v) is 2.24. The summed E-state index contributed by atoms with van der Waals surface area (Å²) in [5.74, 6) is -2.58. The van der Waals surface area contributed by atoms with E-state index in [4.69, 9.17) is 9.84 Å². The Morgan fingerprint density at radius 2 is 2.20 bits per heavy atom. The van der Waals surface area contributed by atoms with Crippen molar-refractivity contribution in [2.45, 2.75) is 6.10 Å². The molecule has 15 heavy (non-hydrogen) atoms. The van der Waals surface area contributed by atoms with Crippen molar-refractivity contribution in [2.75, 3.05) is 0 Å². The van der Waals surface area contributed by atoms with Crippen molar-refractivity contribution in [2.24, 2.45) is 5.92 Å². The fourth-order valence-corrected chi connectivity index (χ4v) is 1.52. The van der Waals surface area contributed by atoms with E-state index in [9.17, 15) is 14.7 Å². The van der Waals surface area contributed by atoms with Gasteiger partial charge in [0.1, 0.15) is 11.9 Å². The van der Waals surface area contributed by atoms with Crippen LogP contribution in [0.25, 0.3) is 0 Å². The number of aliphatic hydroxyl groups is 1. The highest BCUT2D eigenvalue weighted by molar-refractivity contribution is 6.01. The monoisotopic (exact) mass is 208 g/mol. The van der Waals surface area contributed by atoms with Crippen LogP contribution in [0, 0.1) is 5.92 Å². The van der Waals surface area contributed by atoms with Gasteiger partial charge in [-0.25, -0.2) is 4.79 Å². The smallest absolute Gasteiger partial charge is 0.371 e. The topological polar surface area (TPSA) is 83.8 Å². The van der Waals surface area contributed by atoms with Crippen LogP contribution >= 0.6 is 0 Å². The second-order valence-electron chi connectivity index (χ2n) is 3.28. The van der Waals surface area contributed by atoms with Gasteiger partial charge in [-0.15, -0.1) is 0 Å². The fourth-order valence-electron chi connectivity index (χ4n) is 1.52. The van der Waals surface area contributed by atoms with Crippen molar-refractivity contribution in [3.05, 3.63) is 35.8 Å². The molecular formula is C10H8O5. The summed E-state index contributed by atoms with van der Waals surface area (Å²) in [7, 11) is 0. The lowest BCUT2D eigenvalue weighted by Crippen LogP contribution is -2.34. The second kappa shape index (κ2) is 3.27. The summed E-state index contributed by atoms with van der Waals surface area (Å²) in [6, 6.07) is 0. The molecule has 2 aliphatic rings. The third-order valence-electron chi connectivity index (χ3n) is 2.24. The van der Waals surface area contributed by atoms with Crippen molar-refractivity contribution in [3.8, 4) is 0 Å². The molecule has 0 fully saturated rings. The highest BCUT2D eigenvalue weighted by Gasteiger charge is 2.34. The van der Waals surface area contributed by atoms with Crippen LogP contribution in [-0.4, -0.2) is 28.1 Å². The first-order valence-electron chi connectivity index (χ1n) is 4.32. The van der Waals surface area contributed by atoms with Gasteiger partial charge in [0.2, 0.25) is 5.76 Å². The summed E-state index contributed by atoms with van der Waals surface area (Å²) >= 11 is 0. The number of ether oxygens (including phenoxy) is 1. The lowest BCUT2D eigenvalue weighted by molar-refractivity contribution is -0.140. The van der Waals surface area contributed by atoms with Crippen molar-refractivity contribution in [1.82, 2.24) is 0 Å². The highest BCUT2D eigenvalue weighted by atomic mass is 16.5. The Hall–Kier alpha value is -2.04. The number of carboxylic acids is 1. The summed E-state index contributed by atoms with van der Waals surface area (Å²) in [5.41, 5.74) is 0. The number of fused-ring (bicyclic) bond motifs is 1. The Morgan fingerprint density at radius 3 is 2.87 bits per heavy atom. The first-order valence-corrected chi connectivity index (χ1v) is 4.32. The first kappa shape index (κ1) is 9.51. The number of allylic oxidation sites excluding steroid dienone is 2. The second-order valence-corrected chi connectivity index (χ2v) is 3.28. The molecular weight excluding hydrogens is 200 g/mol.